The second-order valence-corrected chi connectivity index (χ2v) is 12.4. The maximum atomic E-state index is 13.9. The molecular formula is C35H37F7N2O. The maximum Gasteiger partial charge on any atom is 0.416 e. The van der Waals surface area contributed by atoms with Gasteiger partial charge in [0, 0.05) is 13.1 Å². The highest BCUT2D eigenvalue weighted by Crippen LogP contribution is 2.45. The Bertz CT molecular complexity index is 1420. The molecule has 0 N–H and O–H groups in total. The number of halogens is 7. The highest BCUT2D eigenvalue weighted by Gasteiger charge is 2.45. The van der Waals surface area contributed by atoms with Gasteiger partial charge in [-0.2, -0.15) is 26.3 Å². The van der Waals surface area contributed by atoms with Gasteiger partial charge in [-0.25, -0.2) is 4.39 Å². The molecule has 0 aromatic heterocycles. The van der Waals surface area contributed by atoms with E-state index in [-0.39, 0.29) is 23.5 Å². The van der Waals surface area contributed by atoms with Crippen LogP contribution >= 0.6 is 0 Å². The number of hydrogen-bond acceptors (Lipinski definition) is 2. The summed E-state index contributed by atoms with van der Waals surface area (Å²) in [5.41, 5.74) is -1.92. The summed E-state index contributed by atoms with van der Waals surface area (Å²) in [6.07, 6.45) is -5.31. The Morgan fingerprint density at radius 1 is 0.822 bits per heavy atom. The molecule has 2 fully saturated rings. The fraction of sp³-hybridized carbons (Fsp3) is 0.457. The average Bonchev–Trinajstić information content (AvgIpc) is 3.03. The summed E-state index contributed by atoms with van der Waals surface area (Å²) in [6.45, 7) is 3.16. The standard InChI is InChI=1S/C35H37F7N2O/c1-23(26-20-28(34(37,38)39)22-29(21-26)35(40,41)42)32(45)43(2)33(27-6-4-3-5-7-27)16-12-31(13-17-33)44-18-14-25(15-19-44)24-8-10-30(36)11-9-24/h3-11,20-23,25,31H,12-19H2,1-2H3. The van der Waals surface area contributed by atoms with E-state index in [0.717, 1.165) is 49.9 Å². The summed E-state index contributed by atoms with van der Waals surface area (Å²) in [6, 6.07) is 17.8. The molecule has 1 heterocycles. The van der Waals surface area contributed by atoms with Crippen molar-refractivity contribution in [2.45, 2.75) is 81.2 Å². The number of alkyl halides is 6. The van der Waals surface area contributed by atoms with Crippen LogP contribution in [-0.4, -0.2) is 41.9 Å². The maximum absolute atomic E-state index is 13.9. The highest BCUT2D eigenvalue weighted by molar-refractivity contribution is 5.84. The molecule has 2 aliphatic rings. The van der Waals surface area contributed by atoms with Crippen LogP contribution in [0.2, 0.25) is 0 Å². The van der Waals surface area contributed by atoms with E-state index >= 15 is 0 Å². The molecule has 242 valence electrons. The average molecular weight is 635 g/mol. The lowest BCUT2D eigenvalue weighted by atomic mass is 9.72. The van der Waals surface area contributed by atoms with Crippen LogP contribution in [0, 0.1) is 5.82 Å². The fourth-order valence-corrected chi connectivity index (χ4v) is 7.22. The Kier molecular flexibility index (Phi) is 9.36. The Hall–Kier alpha value is -3.40. The van der Waals surface area contributed by atoms with Crippen LogP contribution in [0.15, 0.2) is 72.8 Å². The predicted molar refractivity (Wildman–Crippen MR) is 158 cm³/mol. The second kappa shape index (κ2) is 12.8. The van der Waals surface area contributed by atoms with Gasteiger partial charge in [0.1, 0.15) is 5.82 Å². The van der Waals surface area contributed by atoms with Gasteiger partial charge in [-0.15, -0.1) is 0 Å². The Morgan fingerprint density at radius 2 is 1.36 bits per heavy atom. The SMILES string of the molecule is CC(C(=O)N(C)C1(c2ccccc2)CCC(N2CCC(c3ccc(F)cc3)CC2)CC1)c1cc(C(F)(F)F)cc(C(F)(F)F)c1. The van der Waals surface area contributed by atoms with E-state index in [2.05, 4.69) is 4.90 Å². The van der Waals surface area contributed by atoms with E-state index in [9.17, 15) is 35.5 Å². The Labute approximate surface area is 259 Å². The molecule has 1 amide bonds. The van der Waals surface area contributed by atoms with Gasteiger partial charge < -0.3 is 9.80 Å². The first kappa shape index (κ1) is 33.0. The molecule has 1 unspecified atom stereocenters. The highest BCUT2D eigenvalue weighted by atomic mass is 19.4. The van der Waals surface area contributed by atoms with Crippen LogP contribution in [0.4, 0.5) is 30.7 Å². The number of carbonyl (C=O) groups excluding carboxylic acids is 1. The predicted octanol–water partition coefficient (Wildman–Crippen LogP) is 9.14. The van der Waals surface area contributed by atoms with Crippen molar-refractivity contribution in [2.24, 2.45) is 0 Å². The van der Waals surface area contributed by atoms with Crippen LogP contribution in [0.3, 0.4) is 0 Å². The summed E-state index contributed by atoms with van der Waals surface area (Å²) in [4.78, 5) is 18.0. The molecule has 3 aromatic carbocycles. The zero-order valence-corrected chi connectivity index (χ0v) is 25.3. The topological polar surface area (TPSA) is 23.6 Å². The molecule has 0 spiro atoms. The third kappa shape index (κ3) is 7.05. The molecule has 1 saturated carbocycles. The van der Waals surface area contributed by atoms with E-state index in [4.69, 9.17) is 0 Å². The summed E-state index contributed by atoms with van der Waals surface area (Å²) in [5.74, 6) is -1.65. The van der Waals surface area contributed by atoms with Crippen LogP contribution in [0.1, 0.15) is 85.1 Å². The van der Waals surface area contributed by atoms with Gasteiger partial charge in [-0.3, -0.25) is 4.79 Å². The molecule has 10 heteroatoms. The lowest BCUT2D eigenvalue weighted by Gasteiger charge is -2.50. The number of benzene rings is 3. The Morgan fingerprint density at radius 3 is 1.87 bits per heavy atom. The number of amides is 1. The third-order valence-electron chi connectivity index (χ3n) is 9.93. The number of rotatable bonds is 6. The van der Waals surface area contributed by atoms with Crippen molar-refractivity contribution in [3.05, 3.63) is 106 Å². The van der Waals surface area contributed by atoms with Crippen molar-refractivity contribution < 1.29 is 35.5 Å². The summed E-state index contributed by atoms with van der Waals surface area (Å²) in [5, 5.41) is 0. The van der Waals surface area contributed by atoms with E-state index in [1.54, 1.807) is 11.9 Å². The smallest absolute Gasteiger partial charge is 0.335 e. The molecule has 3 aromatic rings. The lowest BCUT2D eigenvalue weighted by Crippen LogP contribution is -2.53. The van der Waals surface area contributed by atoms with Gasteiger partial charge in [0.2, 0.25) is 5.91 Å². The van der Waals surface area contributed by atoms with Crippen LogP contribution in [-0.2, 0) is 22.7 Å². The zero-order valence-electron chi connectivity index (χ0n) is 25.3. The number of likely N-dealkylation sites (tertiary alicyclic amines) is 1. The molecule has 1 saturated heterocycles. The minimum atomic E-state index is -5.00. The first-order valence-corrected chi connectivity index (χ1v) is 15.3. The number of carbonyl (C=O) groups is 1. The third-order valence-corrected chi connectivity index (χ3v) is 9.93. The van der Waals surface area contributed by atoms with Crippen LogP contribution < -0.4 is 0 Å². The second-order valence-electron chi connectivity index (χ2n) is 12.4. The van der Waals surface area contributed by atoms with E-state index in [1.807, 2.05) is 42.5 Å². The minimum Gasteiger partial charge on any atom is -0.335 e. The first-order chi connectivity index (χ1) is 21.2. The van der Waals surface area contributed by atoms with Gasteiger partial charge >= 0.3 is 12.4 Å². The van der Waals surface area contributed by atoms with Gasteiger partial charge in [-0.05, 0) is 111 Å². The molecule has 0 radical (unpaired) electrons. The lowest BCUT2D eigenvalue weighted by molar-refractivity contribution is -0.144. The fourth-order valence-electron chi connectivity index (χ4n) is 7.22. The largest absolute Gasteiger partial charge is 0.416 e. The summed E-state index contributed by atoms with van der Waals surface area (Å²) < 4.78 is 94.8. The van der Waals surface area contributed by atoms with Gasteiger partial charge in [0.15, 0.2) is 0 Å². The zero-order chi connectivity index (χ0) is 32.6. The van der Waals surface area contributed by atoms with Gasteiger partial charge in [0.25, 0.3) is 0 Å². The van der Waals surface area contributed by atoms with Crippen LogP contribution in [0.5, 0.6) is 0 Å². The van der Waals surface area contributed by atoms with Gasteiger partial charge in [0.05, 0.1) is 22.6 Å². The number of likely N-dealkylation sites (N-methyl/N-ethyl adjacent to an activating group) is 1. The van der Waals surface area contributed by atoms with Crippen LogP contribution in [0.25, 0.3) is 0 Å². The number of piperidine rings is 1. The molecule has 0 bridgehead atoms. The van der Waals surface area contributed by atoms with Crippen molar-refractivity contribution in [2.75, 3.05) is 20.1 Å². The van der Waals surface area contributed by atoms with Crippen molar-refractivity contribution in [3.63, 3.8) is 0 Å². The van der Waals surface area contributed by atoms with Gasteiger partial charge in [-0.1, -0.05) is 42.5 Å². The van der Waals surface area contributed by atoms with Crippen molar-refractivity contribution >= 4 is 5.91 Å². The molecule has 3 nitrogen and oxygen atoms in total. The van der Waals surface area contributed by atoms with E-state index in [0.29, 0.717) is 30.9 Å². The molecule has 45 heavy (non-hydrogen) atoms. The minimum absolute atomic E-state index is 0.0829. The first-order valence-electron chi connectivity index (χ1n) is 15.3. The number of nitrogens with zero attached hydrogens (tertiary/aromatic N) is 2. The molecular weight excluding hydrogens is 597 g/mol. The monoisotopic (exact) mass is 634 g/mol. The Balaban J connectivity index is 1.34. The molecule has 1 atom stereocenters. The van der Waals surface area contributed by atoms with Crippen molar-refractivity contribution in [1.29, 1.82) is 0 Å². The molecule has 1 aliphatic carbocycles. The van der Waals surface area contributed by atoms with E-state index in [1.165, 1.54) is 19.1 Å². The van der Waals surface area contributed by atoms with Crippen molar-refractivity contribution in [1.82, 2.24) is 9.80 Å². The number of hydrogen-bond donors (Lipinski definition) is 0. The summed E-state index contributed by atoms with van der Waals surface area (Å²) in [7, 11) is 1.61. The summed E-state index contributed by atoms with van der Waals surface area (Å²) >= 11 is 0. The molecule has 1 aliphatic heterocycles. The van der Waals surface area contributed by atoms with E-state index < -0.39 is 40.8 Å². The molecule has 5 rings (SSSR count). The van der Waals surface area contributed by atoms with Crippen molar-refractivity contribution in [3.8, 4) is 0 Å². The normalized spacial score (nSPS) is 22.6. The quantitative estimate of drug-likeness (QED) is 0.253.